The number of benzene rings is 1. The zero-order chi connectivity index (χ0) is 13.7. The van der Waals surface area contributed by atoms with Crippen molar-refractivity contribution in [3.05, 3.63) is 35.9 Å². The first-order chi connectivity index (χ1) is 9.20. The van der Waals surface area contributed by atoms with Crippen molar-refractivity contribution in [3.63, 3.8) is 0 Å². The normalized spacial score (nSPS) is 23.2. The number of carbonyl (C=O) groups is 1. The van der Waals surface area contributed by atoms with E-state index < -0.39 is 0 Å². The Morgan fingerprint density at radius 3 is 2.84 bits per heavy atom. The number of likely N-dealkylation sites (tertiary alicyclic amines) is 1. The summed E-state index contributed by atoms with van der Waals surface area (Å²) in [5.41, 5.74) is 6.75. The predicted molar refractivity (Wildman–Crippen MR) is 74.5 cm³/mol. The smallest absolute Gasteiger partial charge is 0.410 e. The van der Waals surface area contributed by atoms with Crippen molar-refractivity contribution >= 4 is 6.09 Å². The predicted octanol–water partition coefficient (Wildman–Crippen LogP) is 2.24. The van der Waals surface area contributed by atoms with E-state index in [-0.39, 0.29) is 6.09 Å². The minimum Gasteiger partial charge on any atom is -0.445 e. The molecule has 2 atom stereocenters. The van der Waals surface area contributed by atoms with Crippen molar-refractivity contribution in [1.82, 2.24) is 4.90 Å². The van der Waals surface area contributed by atoms with Gasteiger partial charge in [-0.1, -0.05) is 37.3 Å². The molecule has 1 saturated heterocycles. The van der Waals surface area contributed by atoms with Gasteiger partial charge in [0.05, 0.1) is 0 Å². The Morgan fingerprint density at radius 2 is 2.16 bits per heavy atom. The third kappa shape index (κ3) is 3.70. The average Bonchev–Trinajstić information content (AvgIpc) is 2.46. The largest absolute Gasteiger partial charge is 0.445 e. The van der Waals surface area contributed by atoms with Gasteiger partial charge in [-0.05, 0) is 30.4 Å². The molecule has 0 spiro atoms. The summed E-state index contributed by atoms with van der Waals surface area (Å²) in [6, 6.07) is 9.73. The Labute approximate surface area is 114 Å². The summed E-state index contributed by atoms with van der Waals surface area (Å²) in [5.74, 6) is 0.973. The topological polar surface area (TPSA) is 55.6 Å². The molecular formula is C15H22N2O2. The molecule has 4 heteroatoms. The molecule has 1 aliphatic rings. The molecule has 2 rings (SSSR count). The van der Waals surface area contributed by atoms with Gasteiger partial charge in [0.25, 0.3) is 0 Å². The highest BCUT2D eigenvalue weighted by Gasteiger charge is 2.28. The number of hydrogen-bond acceptors (Lipinski definition) is 3. The second-order valence-corrected chi connectivity index (χ2v) is 5.25. The molecule has 19 heavy (non-hydrogen) atoms. The molecule has 0 aliphatic carbocycles. The van der Waals surface area contributed by atoms with Gasteiger partial charge in [-0.2, -0.15) is 0 Å². The van der Waals surface area contributed by atoms with Crippen molar-refractivity contribution < 1.29 is 9.53 Å². The summed E-state index contributed by atoms with van der Waals surface area (Å²) in [6.07, 6.45) is 0.775. The molecule has 1 heterocycles. The Bertz CT molecular complexity index is 408. The molecule has 0 aromatic heterocycles. The van der Waals surface area contributed by atoms with Crippen LogP contribution in [-0.2, 0) is 11.3 Å². The fraction of sp³-hybridized carbons (Fsp3) is 0.533. The molecule has 1 aromatic carbocycles. The van der Waals surface area contributed by atoms with Crippen LogP contribution in [0.4, 0.5) is 4.79 Å². The van der Waals surface area contributed by atoms with Crippen LogP contribution >= 0.6 is 0 Å². The molecule has 0 radical (unpaired) electrons. The van der Waals surface area contributed by atoms with E-state index >= 15 is 0 Å². The van der Waals surface area contributed by atoms with Crippen molar-refractivity contribution in [1.29, 1.82) is 0 Å². The molecule has 0 bridgehead atoms. The molecule has 2 unspecified atom stereocenters. The molecule has 2 N–H and O–H groups in total. The van der Waals surface area contributed by atoms with Gasteiger partial charge in [-0.3, -0.25) is 0 Å². The van der Waals surface area contributed by atoms with Gasteiger partial charge in [-0.15, -0.1) is 0 Å². The van der Waals surface area contributed by atoms with E-state index in [2.05, 4.69) is 6.92 Å². The number of nitrogens with zero attached hydrogens (tertiary/aromatic N) is 1. The number of amides is 1. The third-order valence-corrected chi connectivity index (χ3v) is 3.88. The number of nitrogens with two attached hydrogens (primary N) is 1. The van der Waals surface area contributed by atoms with Crippen molar-refractivity contribution in [2.45, 2.75) is 20.0 Å². The van der Waals surface area contributed by atoms with Gasteiger partial charge in [0.1, 0.15) is 6.61 Å². The van der Waals surface area contributed by atoms with Gasteiger partial charge in [0, 0.05) is 13.1 Å². The second-order valence-electron chi connectivity index (χ2n) is 5.25. The van der Waals surface area contributed by atoms with Crippen LogP contribution in [-0.4, -0.2) is 30.6 Å². The van der Waals surface area contributed by atoms with E-state index in [1.165, 1.54) is 0 Å². The minimum absolute atomic E-state index is 0.228. The van der Waals surface area contributed by atoms with Crippen molar-refractivity contribution in [2.24, 2.45) is 17.6 Å². The maximum absolute atomic E-state index is 12.0. The lowest BCUT2D eigenvalue weighted by atomic mass is 9.87. The minimum atomic E-state index is -0.228. The molecule has 1 fully saturated rings. The zero-order valence-corrected chi connectivity index (χ0v) is 11.4. The first kappa shape index (κ1) is 13.9. The zero-order valence-electron chi connectivity index (χ0n) is 11.4. The molecule has 1 aromatic rings. The van der Waals surface area contributed by atoms with Crippen LogP contribution in [0.15, 0.2) is 30.3 Å². The molecule has 1 aliphatic heterocycles. The number of hydrogen-bond donors (Lipinski definition) is 1. The lowest BCUT2D eigenvalue weighted by molar-refractivity contribution is 0.0686. The van der Waals surface area contributed by atoms with Crippen molar-refractivity contribution in [2.75, 3.05) is 19.6 Å². The van der Waals surface area contributed by atoms with Crippen LogP contribution in [0.5, 0.6) is 0 Å². The number of rotatable bonds is 3. The standard InChI is InChI=1S/C15H22N2O2/c1-12-7-8-17(10-14(12)9-16)15(18)19-11-13-5-3-2-4-6-13/h2-6,12,14H,7-11,16H2,1H3. The Morgan fingerprint density at radius 1 is 1.42 bits per heavy atom. The fourth-order valence-corrected chi connectivity index (χ4v) is 2.43. The van der Waals surface area contributed by atoms with E-state index in [1.54, 1.807) is 4.90 Å². The van der Waals surface area contributed by atoms with E-state index in [9.17, 15) is 4.79 Å². The maximum atomic E-state index is 12.0. The van der Waals surface area contributed by atoms with E-state index in [4.69, 9.17) is 10.5 Å². The number of carbonyl (C=O) groups excluding carboxylic acids is 1. The lowest BCUT2D eigenvalue weighted by Crippen LogP contribution is -2.45. The summed E-state index contributed by atoms with van der Waals surface area (Å²) in [5, 5.41) is 0. The molecule has 104 valence electrons. The summed E-state index contributed by atoms with van der Waals surface area (Å²) in [4.78, 5) is 13.8. The molecule has 4 nitrogen and oxygen atoms in total. The highest BCUT2D eigenvalue weighted by Crippen LogP contribution is 2.22. The Balaban J connectivity index is 1.83. The maximum Gasteiger partial charge on any atom is 0.410 e. The average molecular weight is 262 g/mol. The Kier molecular flexibility index (Phi) is 4.80. The third-order valence-electron chi connectivity index (χ3n) is 3.88. The fourth-order valence-electron chi connectivity index (χ4n) is 2.43. The van der Waals surface area contributed by atoms with Crippen LogP contribution in [0.25, 0.3) is 0 Å². The first-order valence-corrected chi connectivity index (χ1v) is 6.86. The van der Waals surface area contributed by atoms with Gasteiger partial charge in [0.2, 0.25) is 0 Å². The lowest BCUT2D eigenvalue weighted by Gasteiger charge is -2.35. The van der Waals surface area contributed by atoms with Crippen LogP contribution in [0.2, 0.25) is 0 Å². The number of piperidine rings is 1. The molecule has 1 amide bonds. The van der Waals surface area contributed by atoms with Crippen LogP contribution in [0.3, 0.4) is 0 Å². The first-order valence-electron chi connectivity index (χ1n) is 6.86. The van der Waals surface area contributed by atoms with Gasteiger partial charge in [-0.25, -0.2) is 4.79 Å². The quantitative estimate of drug-likeness (QED) is 0.909. The van der Waals surface area contributed by atoms with Gasteiger partial charge in [0.15, 0.2) is 0 Å². The molecule has 0 saturated carbocycles. The van der Waals surface area contributed by atoms with E-state index in [0.717, 1.165) is 18.5 Å². The highest BCUT2D eigenvalue weighted by molar-refractivity contribution is 5.67. The van der Waals surface area contributed by atoms with Crippen molar-refractivity contribution in [3.8, 4) is 0 Å². The second kappa shape index (κ2) is 6.57. The van der Waals surface area contributed by atoms with Crippen LogP contribution in [0, 0.1) is 11.8 Å². The van der Waals surface area contributed by atoms with E-state index in [1.807, 2.05) is 30.3 Å². The summed E-state index contributed by atoms with van der Waals surface area (Å²) < 4.78 is 5.34. The van der Waals surface area contributed by atoms with Gasteiger partial charge >= 0.3 is 6.09 Å². The molecular weight excluding hydrogens is 240 g/mol. The Hall–Kier alpha value is -1.55. The monoisotopic (exact) mass is 262 g/mol. The number of ether oxygens (including phenoxy) is 1. The van der Waals surface area contributed by atoms with E-state index in [0.29, 0.717) is 31.5 Å². The van der Waals surface area contributed by atoms with Crippen LogP contribution < -0.4 is 5.73 Å². The summed E-state index contributed by atoms with van der Waals surface area (Å²) in [7, 11) is 0. The highest BCUT2D eigenvalue weighted by atomic mass is 16.6. The summed E-state index contributed by atoms with van der Waals surface area (Å²) >= 11 is 0. The van der Waals surface area contributed by atoms with Crippen LogP contribution in [0.1, 0.15) is 18.9 Å². The van der Waals surface area contributed by atoms with Gasteiger partial charge < -0.3 is 15.4 Å². The summed E-state index contributed by atoms with van der Waals surface area (Å²) in [6.45, 7) is 4.64. The SMILES string of the molecule is CC1CCN(C(=O)OCc2ccccc2)CC1CN.